The van der Waals surface area contributed by atoms with Crippen molar-refractivity contribution in [3.8, 4) is 11.3 Å². The summed E-state index contributed by atoms with van der Waals surface area (Å²) in [5, 5.41) is 12.5. The highest BCUT2D eigenvalue weighted by molar-refractivity contribution is 9.10. The Bertz CT molecular complexity index is 814. The van der Waals surface area contributed by atoms with Crippen LogP contribution in [0.5, 0.6) is 0 Å². The second-order valence-electron chi connectivity index (χ2n) is 4.06. The molecule has 0 radical (unpaired) electrons. The van der Waals surface area contributed by atoms with Crippen molar-refractivity contribution in [1.29, 1.82) is 0 Å². The summed E-state index contributed by atoms with van der Waals surface area (Å²) >= 11 is 8.37. The number of anilines is 1. The van der Waals surface area contributed by atoms with Gasteiger partial charge in [-0.2, -0.15) is 9.61 Å². The first-order chi connectivity index (χ1) is 9.59. The van der Waals surface area contributed by atoms with E-state index < -0.39 is 0 Å². The van der Waals surface area contributed by atoms with Gasteiger partial charge in [-0.25, -0.2) is 0 Å². The maximum atomic E-state index is 5.99. The number of fused-ring (bicyclic) bond motifs is 1. The van der Waals surface area contributed by atoms with Crippen molar-refractivity contribution in [1.82, 2.24) is 19.8 Å². The largest absolute Gasteiger partial charge is 0.388 e. The summed E-state index contributed by atoms with van der Waals surface area (Å²) in [5.74, 6) is 0.269. The molecule has 0 aliphatic heterocycles. The van der Waals surface area contributed by atoms with Gasteiger partial charge in [0.15, 0.2) is 17.2 Å². The first kappa shape index (κ1) is 12.9. The second-order valence-corrected chi connectivity index (χ2v) is 5.29. The van der Waals surface area contributed by atoms with E-state index in [1.165, 1.54) is 4.52 Å². The molecule has 100 valence electrons. The van der Waals surface area contributed by atoms with E-state index in [0.717, 1.165) is 15.7 Å². The summed E-state index contributed by atoms with van der Waals surface area (Å²) in [6.07, 6.45) is 0. The van der Waals surface area contributed by atoms with Crippen molar-refractivity contribution < 1.29 is 0 Å². The van der Waals surface area contributed by atoms with Gasteiger partial charge in [0.1, 0.15) is 10.7 Å². The van der Waals surface area contributed by atoms with E-state index in [9.17, 15) is 0 Å². The van der Waals surface area contributed by atoms with E-state index in [0.29, 0.717) is 5.65 Å². The molecule has 2 aromatic heterocycles. The summed E-state index contributed by atoms with van der Waals surface area (Å²) in [5.41, 5.74) is 14.0. The molecule has 0 unspecified atom stereocenters. The van der Waals surface area contributed by atoms with E-state index in [-0.39, 0.29) is 16.5 Å². The van der Waals surface area contributed by atoms with Crippen LogP contribution in [0.1, 0.15) is 5.69 Å². The first-order valence-corrected chi connectivity index (χ1v) is 6.85. The predicted octanol–water partition coefficient (Wildman–Crippen LogP) is 1.77. The smallest absolute Gasteiger partial charge is 0.194 e. The average molecular weight is 349 g/mol. The molecule has 2 heterocycles. The molecule has 0 bridgehead atoms. The molecule has 0 fully saturated rings. The molecule has 0 aliphatic rings. The number of halogens is 1. The van der Waals surface area contributed by atoms with Gasteiger partial charge in [-0.1, -0.05) is 42.5 Å². The summed E-state index contributed by atoms with van der Waals surface area (Å²) in [4.78, 5) is 0.0878. The zero-order chi connectivity index (χ0) is 14.3. The van der Waals surface area contributed by atoms with Crippen molar-refractivity contribution in [2.24, 2.45) is 5.73 Å². The van der Waals surface area contributed by atoms with Crippen molar-refractivity contribution >= 4 is 44.6 Å². The van der Waals surface area contributed by atoms with Gasteiger partial charge in [-0.15, -0.1) is 10.2 Å². The van der Waals surface area contributed by atoms with Crippen LogP contribution in [-0.4, -0.2) is 24.8 Å². The Morgan fingerprint density at radius 1 is 1.20 bits per heavy atom. The van der Waals surface area contributed by atoms with E-state index in [1.807, 2.05) is 30.3 Å². The van der Waals surface area contributed by atoms with Gasteiger partial charge in [0.05, 0.1) is 4.47 Å². The molecule has 0 spiro atoms. The Labute approximate surface area is 127 Å². The quantitative estimate of drug-likeness (QED) is 0.685. The monoisotopic (exact) mass is 348 g/mol. The minimum Gasteiger partial charge on any atom is -0.388 e. The van der Waals surface area contributed by atoms with Crippen molar-refractivity contribution in [2.75, 3.05) is 5.73 Å². The van der Waals surface area contributed by atoms with Crippen LogP contribution in [0.25, 0.3) is 16.9 Å². The minimum absolute atomic E-state index is 0.0878. The molecule has 0 atom stereocenters. The molecule has 0 saturated carbocycles. The lowest BCUT2D eigenvalue weighted by molar-refractivity contribution is 0.897. The topological polar surface area (TPSA) is 95.1 Å². The third-order valence-corrected chi connectivity index (χ3v) is 3.72. The van der Waals surface area contributed by atoms with Crippen molar-refractivity contribution in [3.63, 3.8) is 0 Å². The van der Waals surface area contributed by atoms with Gasteiger partial charge in [0.25, 0.3) is 0 Å². The predicted molar refractivity (Wildman–Crippen MR) is 84.2 cm³/mol. The highest BCUT2D eigenvalue weighted by atomic mass is 79.9. The molecule has 0 aliphatic carbocycles. The molecule has 3 aromatic rings. The van der Waals surface area contributed by atoms with Gasteiger partial charge in [-0.3, -0.25) is 0 Å². The number of hydrogen-bond acceptors (Lipinski definition) is 5. The number of benzene rings is 1. The van der Waals surface area contributed by atoms with Crippen LogP contribution in [0.3, 0.4) is 0 Å². The van der Waals surface area contributed by atoms with Gasteiger partial charge in [0.2, 0.25) is 0 Å². The number of nitrogen functional groups attached to an aromatic ring is 1. The molecule has 3 rings (SSSR count). The lowest BCUT2D eigenvalue weighted by Crippen LogP contribution is -2.18. The molecule has 0 saturated heterocycles. The van der Waals surface area contributed by atoms with E-state index in [4.69, 9.17) is 23.7 Å². The lowest BCUT2D eigenvalue weighted by Gasteiger charge is -2.02. The van der Waals surface area contributed by atoms with Crippen molar-refractivity contribution in [3.05, 3.63) is 40.5 Å². The number of nitrogens with two attached hydrogens (primary N) is 2. The molecular weight excluding hydrogens is 340 g/mol. The third kappa shape index (κ3) is 1.93. The minimum atomic E-state index is 0.0878. The van der Waals surface area contributed by atoms with E-state index >= 15 is 0 Å². The lowest BCUT2D eigenvalue weighted by atomic mass is 10.2. The zero-order valence-electron chi connectivity index (χ0n) is 10.1. The Hall–Kier alpha value is -2.06. The fourth-order valence-corrected chi connectivity index (χ4v) is 2.55. The number of rotatable bonds is 2. The Morgan fingerprint density at radius 2 is 1.90 bits per heavy atom. The van der Waals surface area contributed by atoms with Gasteiger partial charge in [0, 0.05) is 5.56 Å². The summed E-state index contributed by atoms with van der Waals surface area (Å²) in [6.45, 7) is 0. The number of thiocarbonyl (C=S) groups is 1. The standard InChI is InChI=1S/C12H9BrN6S/c13-7-8(6-4-2-1-3-5-6)18-19-10(14)9(11(15)20)16-17-12(7)19/h1-5H,14H2,(H2,15,20). The van der Waals surface area contributed by atoms with Crippen LogP contribution in [-0.2, 0) is 0 Å². The van der Waals surface area contributed by atoms with Gasteiger partial charge >= 0.3 is 0 Å². The maximum absolute atomic E-state index is 5.99. The van der Waals surface area contributed by atoms with Crippen molar-refractivity contribution in [2.45, 2.75) is 0 Å². The van der Waals surface area contributed by atoms with Crippen LogP contribution in [0.4, 0.5) is 5.82 Å². The number of hydrogen-bond donors (Lipinski definition) is 2. The molecule has 20 heavy (non-hydrogen) atoms. The molecule has 8 heteroatoms. The van der Waals surface area contributed by atoms with Gasteiger partial charge < -0.3 is 11.5 Å². The normalized spacial score (nSPS) is 10.8. The highest BCUT2D eigenvalue weighted by Gasteiger charge is 2.18. The van der Waals surface area contributed by atoms with Crippen LogP contribution in [0.2, 0.25) is 0 Å². The molecule has 1 aromatic carbocycles. The van der Waals surface area contributed by atoms with Crippen LogP contribution in [0, 0.1) is 0 Å². The average Bonchev–Trinajstić information content (AvgIpc) is 2.78. The molecular formula is C12H9BrN6S. The first-order valence-electron chi connectivity index (χ1n) is 5.65. The Kier molecular flexibility index (Phi) is 3.11. The fourth-order valence-electron chi connectivity index (χ4n) is 1.85. The summed E-state index contributed by atoms with van der Waals surface area (Å²) in [7, 11) is 0. The molecule has 6 nitrogen and oxygen atoms in total. The molecule has 0 amide bonds. The fraction of sp³-hybridized carbons (Fsp3) is 0. The third-order valence-electron chi connectivity index (χ3n) is 2.80. The van der Waals surface area contributed by atoms with Crippen LogP contribution >= 0.6 is 28.1 Å². The summed E-state index contributed by atoms with van der Waals surface area (Å²) in [6, 6.07) is 9.70. The van der Waals surface area contributed by atoms with E-state index in [2.05, 4.69) is 31.2 Å². The number of nitrogens with zero attached hydrogens (tertiary/aromatic N) is 4. The van der Waals surface area contributed by atoms with E-state index in [1.54, 1.807) is 0 Å². The second kappa shape index (κ2) is 4.80. The highest BCUT2D eigenvalue weighted by Crippen LogP contribution is 2.30. The van der Waals surface area contributed by atoms with Crippen LogP contribution < -0.4 is 11.5 Å². The molecule has 4 N–H and O–H groups in total. The van der Waals surface area contributed by atoms with Gasteiger partial charge in [-0.05, 0) is 15.9 Å². The Morgan fingerprint density at radius 3 is 2.55 bits per heavy atom. The zero-order valence-corrected chi connectivity index (χ0v) is 12.5. The maximum Gasteiger partial charge on any atom is 0.194 e. The Balaban J connectivity index is 2.30. The van der Waals surface area contributed by atoms with Crippen LogP contribution in [0.15, 0.2) is 34.8 Å². The summed E-state index contributed by atoms with van der Waals surface area (Å²) < 4.78 is 2.20. The SMILES string of the molecule is NC(=S)c1nnc2c(Br)c(-c3ccccc3)nn2c1N. The number of aromatic nitrogens is 4.